The van der Waals surface area contributed by atoms with Gasteiger partial charge in [-0.2, -0.15) is 0 Å². The lowest BCUT2D eigenvalue weighted by Gasteiger charge is -2.21. The van der Waals surface area contributed by atoms with Gasteiger partial charge in [0.25, 0.3) is 0 Å². The molecule has 0 radical (unpaired) electrons. The van der Waals surface area contributed by atoms with Crippen LogP contribution in [0, 0.1) is 0 Å². The molecule has 1 aromatic carbocycles. The van der Waals surface area contributed by atoms with E-state index in [1.807, 2.05) is 43.4 Å². The van der Waals surface area contributed by atoms with Crippen LogP contribution in [0.5, 0.6) is 0 Å². The molecule has 7 heteroatoms. The van der Waals surface area contributed by atoms with Gasteiger partial charge in [-0.15, -0.1) is 10.2 Å². The molecule has 152 valence electrons. The highest BCUT2D eigenvalue weighted by Gasteiger charge is 2.34. The summed E-state index contributed by atoms with van der Waals surface area (Å²) in [4.78, 5) is 0. The molecule has 6 nitrogen and oxygen atoms in total. The number of hydrogen-bond donors (Lipinski definition) is 0. The Morgan fingerprint density at radius 1 is 1.24 bits per heavy atom. The minimum Gasteiger partial charge on any atom is -0.504 e. The SMILES string of the molecule is CO/C=C/C=C\C(=C(/C)OC)[C@H]1OCc2nnc(C3CC3)n2-c2ccc(Cl)cc21. The van der Waals surface area contributed by atoms with Crippen LogP contribution < -0.4 is 0 Å². The highest BCUT2D eigenvalue weighted by atomic mass is 35.5. The second-order valence-electron chi connectivity index (χ2n) is 7.12. The van der Waals surface area contributed by atoms with Crippen LogP contribution in [0.15, 0.2) is 54.0 Å². The van der Waals surface area contributed by atoms with Crippen molar-refractivity contribution in [3.05, 3.63) is 76.3 Å². The zero-order chi connectivity index (χ0) is 20.4. The van der Waals surface area contributed by atoms with Crippen LogP contribution in [-0.4, -0.2) is 29.0 Å². The van der Waals surface area contributed by atoms with Crippen molar-refractivity contribution >= 4 is 11.6 Å². The Bertz CT molecular complexity index is 989. The average molecular weight is 414 g/mol. The minimum absolute atomic E-state index is 0.346. The summed E-state index contributed by atoms with van der Waals surface area (Å²) < 4.78 is 19.0. The molecule has 2 aromatic rings. The Kier molecular flexibility index (Phi) is 5.74. The van der Waals surface area contributed by atoms with Gasteiger partial charge in [-0.3, -0.25) is 4.57 Å². The molecular formula is C22H24ClN3O3. The number of benzene rings is 1. The molecular weight excluding hydrogens is 390 g/mol. The first kappa shape index (κ1) is 19.7. The lowest BCUT2D eigenvalue weighted by atomic mass is 9.98. The number of fused-ring (bicyclic) bond motifs is 3. The lowest BCUT2D eigenvalue weighted by molar-refractivity contribution is 0.0614. The van der Waals surface area contributed by atoms with Gasteiger partial charge in [-0.1, -0.05) is 23.8 Å². The standard InChI is InChI=1S/C22H24ClN3O3/c1-14(28-3)17(6-4-5-11-27-2)21-18-12-16(23)9-10-19(18)26-20(13-29-21)24-25-22(26)15-7-8-15/h4-6,9-12,15,21H,7-8,13H2,1-3H3/b6-4-,11-5+,17-14-/t21-/m1/s1. The van der Waals surface area contributed by atoms with Gasteiger partial charge in [0.1, 0.15) is 18.5 Å². The summed E-state index contributed by atoms with van der Waals surface area (Å²) in [5.41, 5.74) is 2.87. The number of aromatic nitrogens is 3. The molecule has 0 unspecified atom stereocenters. The normalized spacial score (nSPS) is 19.7. The molecule has 1 saturated carbocycles. The third-order valence-electron chi connectivity index (χ3n) is 5.19. The van der Waals surface area contributed by atoms with E-state index < -0.39 is 0 Å². The summed E-state index contributed by atoms with van der Waals surface area (Å²) in [5.74, 6) is 3.03. The molecule has 1 aliphatic carbocycles. The maximum Gasteiger partial charge on any atom is 0.163 e. The Hall–Kier alpha value is -2.57. The quantitative estimate of drug-likeness (QED) is 0.492. The number of ether oxygens (including phenoxy) is 3. The summed E-state index contributed by atoms with van der Waals surface area (Å²) in [7, 11) is 3.27. The molecule has 0 saturated heterocycles. The molecule has 2 heterocycles. The summed E-state index contributed by atoms with van der Waals surface area (Å²) in [6.45, 7) is 2.27. The highest BCUT2D eigenvalue weighted by Crippen LogP contribution is 2.43. The number of hydrogen-bond acceptors (Lipinski definition) is 5. The maximum atomic E-state index is 6.39. The van der Waals surface area contributed by atoms with E-state index in [1.165, 1.54) is 0 Å². The van der Waals surface area contributed by atoms with Crippen molar-refractivity contribution in [2.45, 2.75) is 38.4 Å². The lowest BCUT2D eigenvalue weighted by Crippen LogP contribution is -2.09. The summed E-state index contributed by atoms with van der Waals surface area (Å²) in [5, 5.41) is 9.50. The molecule has 29 heavy (non-hydrogen) atoms. The molecule has 4 rings (SSSR count). The van der Waals surface area contributed by atoms with E-state index in [0.29, 0.717) is 17.5 Å². The first-order chi connectivity index (χ1) is 14.1. The van der Waals surface area contributed by atoms with Crippen molar-refractivity contribution < 1.29 is 14.2 Å². The predicted octanol–water partition coefficient (Wildman–Crippen LogP) is 5.01. The zero-order valence-electron chi connectivity index (χ0n) is 16.8. The molecule has 1 atom stereocenters. The number of rotatable bonds is 6. The fourth-order valence-electron chi connectivity index (χ4n) is 3.53. The number of allylic oxidation sites excluding steroid dienone is 3. The van der Waals surface area contributed by atoms with Crippen LogP contribution in [0.4, 0.5) is 0 Å². The van der Waals surface area contributed by atoms with Crippen LogP contribution in [-0.2, 0) is 20.8 Å². The fourth-order valence-corrected chi connectivity index (χ4v) is 3.71. The first-order valence-electron chi connectivity index (χ1n) is 9.60. The topological polar surface area (TPSA) is 58.4 Å². The summed E-state index contributed by atoms with van der Waals surface area (Å²) in [6, 6.07) is 5.87. The average Bonchev–Trinajstić information content (AvgIpc) is 3.51. The molecule has 0 N–H and O–H groups in total. The molecule has 1 aromatic heterocycles. The smallest absolute Gasteiger partial charge is 0.163 e. The second-order valence-corrected chi connectivity index (χ2v) is 7.55. The van der Waals surface area contributed by atoms with Gasteiger partial charge in [-0.25, -0.2) is 0 Å². The van der Waals surface area contributed by atoms with Crippen molar-refractivity contribution in [1.82, 2.24) is 14.8 Å². The number of nitrogens with zero attached hydrogens (tertiary/aromatic N) is 3. The van der Waals surface area contributed by atoms with Crippen molar-refractivity contribution in [2.24, 2.45) is 0 Å². The van der Waals surface area contributed by atoms with E-state index in [4.69, 9.17) is 25.8 Å². The highest BCUT2D eigenvalue weighted by molar-refractivity contribution is 6.30. The number of methoxy groups -OCH3 is 2. The second kappa shape index (κ2) is 8.43. The molecule has 0 spiro atoms. The Morgan fingerprint density at radius 2 is 2.07 bits per heavy atom. The van der Waals surface area contributed by atoms with Crippen LogP contribution in [0.2, 0.25) is 5.02 Å². The fraction of sp³-hybridized carbons (Fsp3) is 0.364. The summed E-state index contributed by atoms with van der Waals surface area (Å²) in [6.07, 6.45) is 9.23. The van der Waals surface area contributed by atoms with E-state index in [0.717, 1.165) is 47.1 Å². The van der Waals surface area contributed by atoms with Gasteiger partial charge in [0.05, 0.1) is 31.9 Å². The van der Waals surface area contributed by atoms with E-state index in [2.05, 4.69) is 14.8 Å². The van der Waals surface area contributed by atoms with Gasteiger partial charge < -0.3 is 14.2 Å². The zero-order valence-corrected chi connectivity index (χ0v) is 17.5. The Morgan fingerprint density at radius 3 is 2.79 bits per heavy atom. The largest absolute Gasteiger partial charge is 0.504 e. The summed E-state index contributed by atoms with van der Waals surface area (Å²) >= 11 is 6.39. The monoisotopic (exact) mass is 413 g/mol. The van der Waals surface area contributed by atoms with Crippen molar-refractivity contribution in [2.75, 3.05) is 14.2 Å². The van der Waals surface area contributed by atoms with Crippen molar-refractivity contribution in [1.29, 1.82) is 0 Å². The van der Waals surface area contributed by atoms with E-state index >= 15 is 0 Å². The molecule has 0 amide bonds. The molecule has 1 fully saturated rings. The van der Waals surface area contributed by atoms with Gasteiger partial charge >= 0.3 is 0 Å². The first-order valence-corrected chi connectivity index (χ1v) is 9.98. The van der Waals surface area contributed by atoms with Gasteiger partial charge in [0.2, 0.25) is 0 Å². The van der Waals surface area contributed by atoms with Crippen LogP contribution in [0.1, 0.15) is 49.0 Å². The predicted molar refractivity (Wildman–Crippen MR) is 111 cm³/mol. The van der Waals surface area contributed by atoms with E-state index in [9.17, 15) is 0 Å². The van der Waals surface area contributed by atoms with Crippen molar-refractivity contribution in [3.63, 3.8) is 0 Å². The minimum atomic E-state index is -0.357. The van der Waals surface area contributed by atoms with Gasteiger partial charge in [-0.05, 0) is 44.0 Å². The third-order valence-corrected chi connectivity index (χ3v) is 5.42. The van der Waals surface area contributed by atoms with Crippen molar-refractivity contribution in [3.8, 4) is 5.69 Å². The van der Waals surface area contributed by atoms with Crippen LogP contribution in [0.25, 0.3) is 5.69 Å². The third kappa shape index (κ3) is 3.95. The molecule has 0 bridgehead atoms. The maximum absolute atomic E-state index is 6.39. The van der Waals surface area contributed by atoms with E-state index in [1.54, 1.807) is 20.5 Å². The van der Waals surface area contributed by atoms with Crippen LogP contribution in [0.3, 0.4) is 0 Å². The van der Waals surface area contributed by atoms with Crippen LogP contribution >= 0.6 is 11.6 Å². The Labute approximate surface area is 175 Å². The number of halogens is 1. The molecule has 2 aliphatic rings. The molecule has 1 aliphatic heterocycles. The Balaban J connectivity index is 1.84. The van der Waals surface area contributed by atoms with Gasteiger partial charge in [0, 0.05) is 22.1 Å². The van der Waals surface area contributed by atoms with E-state index in [-0.39, 0.29) is 6.10 Å². The van der Waals surface area contributed by atoms with Gasteiger partial charge in [0.15, 0.2) is 5.82 Å².